The van der Waals surface area contributed by atoms with Gasteiger partial charge in [-0.05, 0) is 40.2 Å². The second-order valence-corrected chi connectivity index (χ2v) is 5.58. The Bertz CT molecular complexity index is 215. The zero-order valence-corrected chi connectivity index (χ0v) is 10.1. The molecule has 0 aromatic rings. The van der Waals surface area contributed by atoms with Crippen LogP contribution in [-0.4, -0.2) is 28.8 Å². The fourth-order valence-corrected chi connectivity index (χ4v) is 2.25. The molecule has 0 aliphatic carbocycles. The highest BCUT2D eigenvalue weighted by Crippen LogP contribution is 2.28. The molecule has 14 heavy (non-hydrogen) atoms. The van der Waals surface area contributed by atoms with Crippen molar-refractivity contribution in [2.24, 2.45) is 5.92 Å². The third-order valence-electron chi connectivity index (χ3n) is 3.01. The maximum Gasteiger partial charge on any atom is 0.152 e. The molecule has 2 nitrogen and oxygen atoms in total. The average Bonchev–Trinajstić information content (AvgIpc) is 2.48. The van der Waals surface area contributed by atoms with Crippen LogP contribution in [0.5, 0.6) is 0 Å². The van der Waals surface area contributed by atoms with Crippen LogP contribution in [0.1, 0.15) is 47.5 Å². The minimum Gasteiger partial charge on any atom is -0.298 e. The summed E-state index contributed by atoms with van der Waals surface area (Å²) in [6.45, 7) is 11.7. The van der Waals surface area contributed by atoms with E-state index in [0.717, 1.165) is 13.0 Å². The summed E-state index contributed by atoms with van der Waals surface area (Å²) in [5.41, 5.74) is 0.131. The molecule has 1 fully saturated rings. The van der Waals surface area contributed by atoms with Crippen LogP contribution in [-0.2, 0) is 4.79 Å². The Labute approximate surface area is 87.7 Å². The molecule has 1 saturated heterocycles. The maximum absolute atomic E-state index is 12.0. The Morgan fingerprint density at radius 1 is 1.36 bits per heavy atom. The molecule has 0 saturated carbocycles. The monoisotopic (exact) mass is 197 g/mol. The number of Topliss-reactive ketones (excluding diaryl/α,β-unsaturated/α-hetero) is 1. The molecule has 0 N–H and O–H groups in total. The van der Waals surface area contributed by atoms with Crippen molar-refractivity contribution in [2.45, 2.75) is 59.0 Å². The number of hydrogen-bond acceptors (Lipinski definition) is 2. The van der Waals surface area contributed by atoms with Gasteiger partial charge in [0.25, 0.3) is 0 Å². The van der Waals surface area contributed by atoms with E-state index in [-0.39, 0.29) is 17.5 Å². The minimum absolute atomic E-state index is 0.131. The first-order valence-electron chi connectivity index (χ1n) is 5.64. The molecule has 1 aliphatic rings. The highest BCUT2D eigenvalue weighted by atomic mass is 16.1. The van der Waals surface area contributed by atoms with Gasteiger partial charge in [0.05, 0.1) is 6.04 Å². The molecule has 0 aromatic carbocycles. The lowest BCUT2D eigenvalue weighted by atomic mass is 9.96. The third-order valence-corrected chi connectivity index (χ3v) is 3.01. The Morgan fingerprint density at radius 2 is 1.93 bits per heavy atom. The van der Waals surface area contributed by atoms with E-state index < -0.39 is 0 Å². The molecule has 0 radical (unpaired) electrons. The number of nitrogens with zero attached hydrogens (tertiary/aromatic N) is 1. The molecule has 0 aromatic heterocycles. The van der Waals surface area contributed by atoms with Crippen molar-refractivity contribution >= 4 is 5.78 Å². The molecule has 1 aliphatic heterocycles. The fourth-order valence-electron chi connectivity index (χ4n) is 2.25. The van der Waals surface area contributed by atoms with Gasteiger partial charge in [-0.2, -0.15) is 0 Å². The second-order valence-electron chi connectivity index (χ2n) is 5.58. The zero-order valence-electron chi connectivity index (χ0n) is 10.1. The fraction of sp³-hybridized carbons (Fsp3) is 0.917. The standard InChI is InChI=1S/C12H23NO/c1-9(2)11(14)10-7-6-8-13(10)12(3,4)5/h9-10H,6-8H2,1-5H3. The largest absolute Gasteiger partial charge is 0.298 e. The molecule has 0 amide bonds. The summed E-state index contributed by atoms with van der Waals surface area (Å²) in [6, 6.07) is 0.176. The number of rotatable bonds is 2. The number of carbonyl (C=O) groups excluding carboxylic acids is 1. The van der Waals surface area contributed by atoms with E-state index in [1.807, 2.05) is 13.8 Å². The van der Waals surface area contributed by atoms with Crippen molar-refractivity contribution in [1.29, 1.82) is 0 Å². The minimum atomic E-state index is 0.131. The van der Waals surface area contributed by atoms with Gasteiger partial charge in [-0.1, -0.05) is 13.8 Å². The van der Waals surface area contributed by atoms with E-state index in [4.69, 9.17) is 0 Å². The van der Waals surface area contributed by atoms with Gasteiger partial charge in [-0.15, -0.1) is 0 Å². The van der Waals surface area contributed by atoms with Gasteiger partial charge < -0.3 is 0 Å². The van der Waals surface area contributed by atoms with Crippen molar-refractivity contribution in [1.82, 2.24) is 4.90 Å². The summed E-state index contributed by atoms with van der Waals surface area (Å²) in [6.07, 6.45) is 2.22. The lowest BCUT2D eigenvalue weighted by Crippen LogP contribution is -2.48. The summed E-state index contributed by atoms with van der Waals surface area (Å²) >= 11 is 0. The molecule has 1 atom stereocenters. The summed E-state index contributed by atoms with van der Waals surface area (Å²) < 4.78 is 0. The van der Waals surface area contributed by atoms with Gasteiger partial charge in [-0.25, -0.2) is 0 Å². The first-order chi connectivity index (χ1) is 6.34. The van der Waals surface area contributed by atoms with Gasteiger partial charge in [-0.3, -0.25) is 9.69 Å². The predicted octanol–water partition coefficient (Wildman–Crippen LogP) is 2.47. The predicted molar refractivity (Wildman–Crippen MR) is 59.3 cm³/mol. The van der Waals surface area contributed by atoms with Crippen molar-refractivity contribution in [3.63, 3.8) is 0 Å². The summed E-state index contributed by atoms with van der Waals surface area (Å²) in [5.74, 6) is 0.584. The van der Waals surface area contributed by atoms with Gasteiger partial charge >= 0.3 is 0 Å². The smallest absolute Gasteiger partial charge is 0.152 e. The Kier molecular flexibility index (Phi) is 3.36. The lowest BCUT2D eigenvalue weighted by molar-refractivity contribution is -0.127. The average molecular weight is 197 g/mol. The molecular weight excluding hydrogens is 174 g/mol. The van der Waals surface area contributed by atoms with Gasteiger partial charge in [0.2, 0.25) is 0 Å². The van der Waals surface area contributed by atoms with Crippen molar-refractivity contribution in [2.75, 3.05) is 6.54 Å². The van der Waals surface area contributed by atoms with Crippen LogP contribution in [0.25, 0.3) is 0 Å². The first kappa shape index (κ1) is 11.7. The van der Waals surface area contributed by atoms with E-state index >= 15 is 0 Å². The van der Waals surface area contributed by atoms with Crippen LogP contribution >= 0.6 is 0 Å². The maximum atomic E-state index is 12.0. The van der Waals surface area contributed by atoms with Crippen LogP contribution in [0.3, 0.4) is 0 Å². The van der Waals surface area contributed by atoms with Crippen LogP contribution in [0, 0.1) is 5.92 Å². The molecule has 1 unspecified atom stereocenters. The Morgan fingerprint density at radius 3 is 2.36 bits per heavy atom. The normalized spacial score (nSPS) is 24.6. The molecule has 1 rings (SSSR count). The number of hydrogen-bond donors (Lipinski definition) is 0. The molecule has 1 heterocycles. The molecule has 82 valence electrons. The summed E-state index contributed by atoms with van der Waals surface area (Å²) in [5, 5.41) is 0. The zero-order chi connectivity index (χ0) is 10.9. The molecule has 0 spiro atoms. The van der Waals surface area contributed by atoms with Crippen molar-refractivity contribution in [3.8, 4) is 0 Å². The second kappa shape index (κ2) is 4.01. The van der Waals surface area contributed by atoms with E-state index in [2.05, 4.69) is 25.7 Å². The Hall–Kier alpha value is -0.370. The SMILES string of the molecule is CC(C)C(=O)C1CCCN1C(C)(C)C. The van der Waals surface area contributed by atoms with Crippen LogP contribution in [0.2, 0.25) is 0 Å². The first-order valence-corrected chi connectivity index (χ1v) is 5.64. The van der Waals surface area contributed by atoms with E-state index in [0.29, 0.717) is 5.78 Å². The summed E-state index contributed by atoms with van der Waals surface area (Å²) in [4.78, 5) is 14.3. The molecule has 0 bridgehead atoms. The van der Waals surface area contributed by atoms with Crippen molar-refractivity contribution in [3.05, 3.63) is 0 Å². The van der Waals surface area contributed by atoms with E-state index in [1.165, 1.54) is 6.42 Å². The van der Waals surface area contributed by atoms with Crippen molar-refractivity contribution < 1.29 is 4.79 Å². The van der Waals surface area contributed by atoms with Gasteiger partial charge in [0, 0.05) is 11.5 Å². The van der Waals surface area contributed by atoms with Gasteiger partial charge in [0.15, 0.2) is 5.78 Å². The number of likely N-dealkylation sites (tertiary alicyclic amines) is 1. The number of ketones is 1. The lowest BCUT2D eigenvalue weighted by Gasteiger charge is -2.36. The molecular formula is C12H23NO. The Balaban J connectivity index is 2.74. The highest BCUT2D eigenvalue weighted by Gasteiger charge is 2.37. The summed E-state index contributed by atoms with van der Waals surface area (Å²) in [7, 11) is 0. The number of carbonyl (C=O) groups is 1. The van der Waals surface area contributed by atoms with Gasteiger partial charge in [0.1, 0.15) is 0 Å². The third kappa shape index (κ3) is 2.35. The van der Waals surface area contributed by atoms with E-state index in [1.54, 1.807) is 0 Å². The molecule has 2 heteroatoms. The topological polar surface area (TPSA) is 20.3 Å². The highest BCUT2D eigenvalue weighted by molar-refractivity contribution is 5.86. The van der Waals surface area contributed by atoms with Crippen LogP contribution in [0.15, 0.2) is 0 Å². The quantitative estimate of drug-likeness (QED) is 0.678. The van der Waals surface area contributed by atoms with Crippen LogP contribution < -0.4 is 0 Å². The van der Waals surface area contributed by atoms with Crippen LogP contribution in [0.4, 0.5) is 0 Å². The van der Waals surface area contributed by atoms with E-state index in [9.17, 15) is 4.79 Å².